The fourth-order valence-electron chi connectivity index (χ4n) is 0.962. The van der Waals surface area contributed by atoms with E-state index in [2.05, 4.69) is 4.99 Å². The highest BCUT2D eigenvalue weighted by Gasteiger charge is 2.36. The van der Waals surface area contributed by atoms with Gasteiger partial charge in [0.05, 0.1) is 11.8 Å². The van der Waals surface area contributed by atoms with Crippen LogP contribution in [0.1, 0.15) is 20.8 Å². The SMILES string of the molecule is CC1CS(=O)(=O)C(C)(C)C=N1. The molecule has 3 nitrogen and oxygen atoms in total. The fourth-order valence-corrected chi connectivity index (χ4v) is 2.33. The second-order valence-electron chi connectivity index (χ2n) is 3.51. The molecule has 1 heterocycles. The van der Waals surface area contributed by atoms with Crippen molar-refractivity contribution in [2.75, 3.05) is 5.75 Å². The van der Waals surface area contributed by atoms with Gasteiger partial charge in [-0.2, -0.15) is 0 Å². The molecule has 0 amide bonds. The maximum atomic E-state index is 11.4. The van der Waals surface area contributed by atoms with Crippen molar-refractivity contribution in [3.63, 3.8) is 0 Å². The number of hydrogen-bond donors (Lipinski definition) is 0. The summed E-state index contributed by atoms with van der Waals surface area (Å²) in [5.41, 5.74) is 0. The van der Waals surface area contributed by atoms with Gasteiger partial charge in [0.2, 0.25) is 0 Å². The van der Waals surface area contributed by atoms with Crippen molar-refractivity contribution in [2.24, 2.45) is 4.99 Å². The minimum absolute atomic E-state index is 0.0759. The van der Waals surface area contributed by atoms with Crippen LogP contribution in [0.5, 0.6) is 0 Å². The van der Waals surface area contributed by atoms with E-state index in [0.29, 0.717) is 0 Å². The lowest BCUT2D eigenvalue weighted by molar-refractivity contribution is 0.567. The maximum Gasteiger partial charge on any atom is 0.162 e. The molecular formula is C7H13NO2S. The van der Waals surface area contributed by atoms with E-state index in [4.69, 9.17) is 0 Å². The van der Waals surface area contributed by atoms with Gasteiger partial charge in [0.1, 0.15) is 4.75 Å². The lowest BCUT2D eigenvalue weighted by Gasteiger charge is -2.25. The molecule has 0 aliphatic carbocycles. The molecule has 64 valence electrons. The molecule has 0 spiro atoms. The van der Waals surface area contributed by atoms with Crippen LogP contribution in [0.4, 0.5) is 0 Å². The topological polar surface area (TPSA) is 46.5 Å². The Bertz CT molecular complexity index is 277. The van der Waals surface area contributed by atoms with Gasteiger partial charge in [-0.25, -0.2) is 8.42 Å². The average molecular weight is 175 g/mol. The van der Waals surface area contributed by atoms with Gasteiger partial charge in [-0.05, 0) is 20.8 Å². The van der Waals surface area contributed by atoms with Crippen molar-refractivity contribution < 1.29 is 8.42 Å². The molecule has 0 aromatic carbocycles. The van der Waals surface area contributed by atoms with E-state index in [0.717, 1.165) is 0 Å². The molecule has 1 aliphatic heterocycles. The van der Waals surface area contributed by atoms with Gasteiger partial charge in [-0.1, -0.05) is 0 Å². The Kier molecular flexibility index (Phi) is 1.82. The molecule has 1 atom stereocenters. The van der Waals surface area contributed by atoms with Crippen molar-refractivity contribution in [3.05, 3.63) is 0 Å². The van der Waals surface area contributed by atoms with Crippen LogP contribution in [-0.2, 0) is 9.84 Å². The lowest BCUT2D eigenvalue weighted by Crippen LogP contribution is -2.42. The monoisotopic (exact) mass is 175 g/mol. The molecule has 1 unspecified atom stereocenters. The Morgan fingerprint density at radius 2 is 2.09 bits per heavy atom. The molecule has 0 saturated heterocycles. The molecule has 1 aliphatic rings. The summed E-state index contributed by atoms with van der Waals surface area (Å²) in [6.07, 6.45) is 1.54. The molecule has 4 heteroatoms. The summed E-state index contributed by atoms with van der Waals surface area (Å²) in [7, 11) is -2.96. The first-order valence-corrected chi connectivity index (χ1v) is 5.27. The molecule has 1 rings (SSSR count). The third-order valence-electron chi connectivity index (χ3n) is 1.90. The zero-order valence-corrected chi connectivity index (χ0v) is 7.85. The predicted octanol–water partition coefficient (Wildman–Crippen LogP) is 0.653. The van der Waals surface area contributed by atoms with Crippen molar-refractivity contribution >= 4 is 16.1 Å². The van der Waals surface area contributed by atoms with Gasteiger partial charge >= 0.3 is 0 Å². The molecule has 11 heavy (non-hydrogen) atoms. The number of sulfone groups is 1. The normalized spacial score (nSPS) is 33.5. The van der Waals surface area contributed by atoms with E-state index < -0.39 is 14.6 Å². The lowest BCUT2D eigenvalue weighted by atomic mass is 10.2. The fraction of sp³-hybridized carbons (Fsp3) is 0.857. The van der Waals surface area contributed by atoms with Crippen LogP contribution >= 0.6 is 0 Å². The summed E-state index contributed by atoms with van der Waals surface area (Å²) < 4.78 is 22.1. The Morgan fingerprint density at radius 1 is 1.55 bits per heavy atom. The van der Waals surface area contributed by atoms with Crippen LogP contribution in [-0.4, -0.2) is 31.2 Å². The minimum Gasteiger partial charge on any atom is -0.292 e. The summed E-state index contributed by atoms with van der Waals surface area (Å²) in [4.78, 5) is 4.07. The highest BCUT2D eigenvalue weighted by atomic mass is 32.2. The Labute approximate surface area is 67.4 Å². The third kappa shape index (κ3) is 1.45. The van der Waals surface area contributed by atoms with E-state index in [1.165, 1.54) is 6.21 Å². The first-order valence-electron chi connectivity index (χ1n) is 3.62. The van der Waals surface area contributed by atoms with Crippen LogP contribution in [0.3, 0.4) is 0 Å². The molecule has 0 aromatic rings. The Balaban J connectivity index is 3.11. The van der Waals surface area contributed by atoms with Gasteiger partial charge in [0.15, 0.2) is 9.84 Å². The first-order chi connectivity index (χ1) is 4.85. The highest BCUT2D eigenvalue weighted by Crippen LogP contribution is 2.20. The smallest absolute Gasteiger partial charge is 0.162 e. The van der Waals surface area contributed by atoms with Crippen LogP contribution in [0.25, 0.3) is 0 Å². The average Bonchev–Trinajstić information content (AvgIpc) is 1.80. The van der Waals surface area contributed by atoms with E-state index in [-0.39, 0.29) is 11.8 Å². The quantitative estimate of drug-likeness (QED) is 0.542. The summed E-state index contributed by atoms with van der Waals surface area (Å²) >= 11 is 0. The number of aliphatic imine (C=N–C) groups is 1. The van der Waals surface area contributed by atoms with E-state index in [9.17, 15) is 8.42 Å². The summed E-state index contributed by atoms with van der Waals surface area (Å²) in [5.74, 6) is 0.177. The molecular weight excluding hydrogens is 162 g/mol. The molecule has 0 aromatic heterocycles. The van der Waals surface area contributed by atoms with Gasteiger partial charge < -0.3 is 0 Å². The van der Waals surface area contributed by atoms with Gasteiger partial charge in [0.25, 0.3) is 0 Å². The standard InChI is InChI=1S/C7H13NO2S/c1-6-4-11(9,10)7(2,3)5-8-6/h5-6H,4H2,1-3H3. The number of rotatable bonds is 0. The second-order valence-corrected chi connectivity index (χ2v) is 6.13. The van der Waals surface area contributed by atoms with Crippen molar-refractivity contribution in [2.45, 2.75) is 31.6 Å². The van der Waals surface area contributed by atoms with E-state index in [1.54, 1.807) is 13.8 Å². The molecule has 0 bridgehead atoms. The van der Waals surface area contributed by atoms with E-state index in [1.807, 2.05) is 6.92 Å². The summed E-state index contributed by atoms with van der Waals surface area (Å²) in [6, 6.07) is -0.0759. The predicted molar refractivity (Wildman–Crippen MR) is 45.8 cm³/mol. The zero-order chi connectivity index (χ0) is 8.70. The van der Waals surface area contributed by atoms with Crippen LogP contribution in [0.2, 0.25) is 0 Å². The molecule has 0 fully saturated rings. The van der Waals surface area contributed by atoms with Crippen molar-refractivity contribution in [1.82, 2.24) is 0 Å². The van der Waals surface area contributed by atoms with Gasteiger partial charge in [-0.3, -0.25) is 4.99 Å². The van der Waals surface area contributed by atoms with Gasteiger partial charge in [-0.15, -0.1) is 0 Å². The van der Waals surface area contributed by atoms with Crippen LogP contribution < -0.4 is 0 Å². The summed E-state index contributed by atoms with van der Waals surface area (Å²) in [5, 5.41) is 0. The Morgan fingerprint density at radius 3 is 2.45 bits per heavy atom. The summed E-state index contributed by atoms with van der Waals surface area (Å²) in [6.45, 7) is 5.17. The Hall–Kier alpha value is -0.380. The molecule has 0 N–H and O–H groups in total. The zero-order valence-electron chi connectivity index (χ0n) is 7.03. The number of hydrogen-bond acceptors (Lipinski definition) is 3. The number of nitrogens with zero attached hydrogens (tertiary/aromatic N) is 1. The largest absolute Gasteiger partial charge is 0.292 e. The van der Waals surface area contributed by atoms with Crippen LogP contribution in [0.15, 0.2) is 4.99 Å². The third-order valence-corrected chi connectivity index (χ3v) is 4.53. The maximum absolute atomic E-state index is 11.4. The first kappa shape index (κ1) is 8.71. The van der Waals surface area contributed by atoms with E-state index >= 15 is 0 Å². The van der Waals surface area contributed by atoms with Gasteiger partial charge in [0, 0.05) is 6.21 Å². The minimum atomic E-state index is -2.96. The molecule has 0 saturated carbocycles. The second kappa shape index (κ2) is 2.30. The van der Waals surface area contributed by atoms with Crippen molar-refractivity contribution in [3.8, 4) is 0 Å². The van der Waals surface area contributed by atoms with Crippen LogP contribution in [0, 0.1) is 0 Å². The highest BCUT2D eigenvalue weighted by molar-refractivity contribution is 7.93. The molecule has 0 radical (unpaired) electrons. The van der Waals surface area contributed by atoms with Crippen molar-refractivity contribution in [1.29, 1.82) is 0 Å².